The van der Waals surface area contributed by atoms with E-state index in [-0.39, 0.29) is 0 Å². The molecule has 0 spiro atoms. The second kappa shape index (κ2) is 11.9. The lowest BCUT2D eigenvalue weighted by molar-refractivity contribution is 0.434. The molecule has 1 heterocycles. The van der Waals surface area contributed by atoms with Gasteiger partial charge in [-0.25, -0.2) is 0 Å². The second-order valence-corrected chi connectivity index (χ2v) is 12.1. The minimum absolute atomic E-state index is 0.402. The highest BCUT2D eigenvalue weighted by atomic mass is 15.1. The Bertz CT molecular complexity index is 1490. The number of para-hydroxylation sites is 1. The van der Waals surface area contributed by atoms with Crippen molar-refractivity contribution in [2.75, 3.05) is 0 Å². The summed E-state index contributed by atoms with van der Waals surface area (Å²) in [4.78, 5) is 5.81. The van der Waals surface area contributed by atoms with Crippen molar-refractivity contribution in [1.82, 2.24) is 4.57 Å². The van der Waals surface area contributed by atoms with Crippen LogP contribution in [0.2, 0.25) is 0 Å². The molecule has 3 aromatic carbocycles. The molecule has 39 heavy (non-hydrogen) atoms. The molecule has 202 valence electrons. The molecule has 2 aliphatic carbocycles. The predicted molar refractivity (Wildman–Crippen MR) is 166 cm³/mol. The number of benzene rings is 3. The van der Waals surface area contributed by atoms with Gasteiger partial charge in [-0.05, 0) is 56.7 Å². The summed E-state index contributed by atoms with van der Waals surface area (Å²) in [7, 11) is 0. The Balaban J connectivity index is 1.77. The van der Waals surface area contributed by atoms with Gasteiger partial charge in [-0.2, -0.15) is 0 Å². The minimum atomic E-state index is 0.402. The zero-order valence-electron chi connectivity index (χ0n) is 24.0. The third-order valence-electron chi connectivity index (χ3n) is 9.07. The van der Waals surface area contributed by atoms with Crippen LogP contribution in [0.15, 0.2) is 77.8 Å². The summed E-state index contributed by atoms with van der Waals surface area (Å²) in [5, 5.41) is 1.35. The average molecular weight is 517 g/mol. The van der Waals surface area contributed by atoms with Gasteiger partial charge in [0.05, 0.1) is 11.6 Å². The number of fused-ring (bicyclic) bond motifs is 1. The third-order valence-corrected chi connectivity index (χ3v) is 9.07. The Hall–Kier alpha value is -3.13. The number of aromatic nitrogens is 1. The van der Waals surface area contributed by atoms with E-state index in [2.05, 4.69) is 91.2 Å². The highest BCUT2D eigenvalue weighted by molar-refractivity contribution is 6.02. The standard InChI is InChI=1S/C37H44N2/c1-27-15-13-17-29(25-27)35-33-23-11-12-24-34(33)39(32-21-9-5-6-10-22-32)37(38-31-19-7-3-4-8-20-31)36(35)30-18-14-16-28(2)26-30/h11-18,23-26,31-32H,3-10,19-22H2,1-2H3. The van der Waals surface area contributed by atoms with Crippen molar-refractivity contribution < 1.29 is 0 Å². The molecule has 4 aromatic rings. The Morgan fingerprint density at radius 2 is 1.15 bits per heavy atom. The van der Waals surface area contributed by atoms with Crippen LogP contribution in [-0.2, 0) is 0 Å². The van der Waals surface area contributed by atoms with Crippen LogP contribution in [0.5, 0.6) is 0 Å². The monoisotopic (exact) mass is 516 g/mol. The first-order chi connectivity index (χ1) is 19.2. The largest absolute Gasteiger partial charge is 0.322 e. The van der Waals surface area contributed by atoms with Gasteiger partial charge in [0.1, 0.15) is 5.49 Å². The number of pyridine rings is 1. The van der Waals surface area contributed by atoms with Gasteiger partial charge in [0, 0.05) is 22.6 Å². The maximum absolute atomic E-state index is 5.81. The lowest BCUT2D eigenvalue weighted by Crippen LogP contribution is -2.30. The molecule has 0 bridgehead atoms. The van der Waals surface area contributed by atoms with E-state index >= 15 is 0 Å². The Kier molecular flexibility index (Phi) is 8.00. The molecular weight excluding hydrogens is 472 g/mol. The van der Waals surface area contributed by atoms with Crippen molar-refractivity contribution in [3.05, 3.63) is 89.4 Å². The van der Waals surface area contributed by atoms with E-state index in [0.29, 0.717) is 12.1 Å². The molecule has 0 unspecified atom stereocenters. The van der Waals surface area contributed by atoms with Gasteiger partial charge in [0.25, 0.3) is 0 Å². The van der Waals surface area contributed by atoms with E-state index in [1.165, 1.54) is 127 Å². The lowest BCUT2D eigenvalue weighted by atomic mass is 9.90. The molecule has 0 radical (unpaired) electrons. The summed E-state index contributed by atoms with van der Waals surface area (Å²) in [5.41, 5.74) is 10.5. The molecule has 0 atom stereocenters. The summed E-state index contributed by atoms with van der Waals surface area (Å²) in [6.45, 7) is 4.43. The fourth-order valence-corrected chi connectivity index (χ4v) is 7.12. The van der Waals surface area contributed by atoms with E-state index in [0.717, 1.165) is 0 Å². The summed E-state index contributed by atoms with van der Waals surface area (Å²) < 4.78 is 2.71. The van der Waals surface area contributed by atoms with Crippen LogP contribution >= 0.6 is 0 Å². The minimum Gasteiger partial charge on any atom is -0.322 e. The third kappa shape index (κ3) is 5.62. The molecular formula is C37H44N2. The number of hydrogen-bond acceptors (Lipinski definition) is 1. The van der Waals surface area contributed by atoms with Crippen molar-refractivity contribution in [1.29, 1.82) is 0 Å². The topological polar surface area (TPSA) is 17.3 Å². The molecule has 0 aliphatic heterocycles. The summed E-state index contributed by atoms with van der Waals surface area (Å²) in [6, 6.07) is 28.3. The zero-order chi connectivity index (χ0) is 26.6. The normalized spacial score (nSPS) is 18.3. The summed E-state index contributed by atoms with van der Waals surface area (Å²) in [6.07, 6.45) is 15.6. The second-order valence-electron chi connectivity index (χ2n) is 12.1. The van der Waals surface area contributed by atoms with E-state index < -0.39 is 0 Å². The molecule has 2 heteroatoms. The van der Waals surface area contributed by atoms with Crippen LogP contribution in [-0.4, -0.2) is 10.6 Å². The van der Waals surface area contributed by atoms with Gasteiger partial charge in [-0.1, -0.05) is 129 Å². The van der Waals surface area contributed by atoms with Crippen LogP contribution in [0.25, 0.3) is 33.2 Å². The maximum Gasteiger partial charge on any atom is 0.137 e. The fraction of sp³-hybridized carbons (Fsp3) is 0.432. The van der Waals surface area contributed by atoms with Crippen LogP contribution in [0, 0.1) is 13.8 Å². The average Bonchev–Trinajstić information content (AvgIpc) is 3.38. The van der Waals surface area contributed by atoms with Crippen molar-refractivity contribution in [2.24, 2.45) is 4.99 Å². The smallest absolute Gasteiger partial charge is 0.137 e. The first-order valence-electron chi connectivity index (χ1n) is 15.5. The fourth-order valence-electron chi connectivity index (χ4n) is 7.12. The van der Waals surface area contributed by atoms with Gasteiger partial charge in [0.15, 0.2) is 0 Å². The van der Waals surface area contributed by atoms with Crippen LogP contribution < -0.4 is 5.49 Å². The molecule has 0 N–H and O–H groups in total. The highest BCUT2D eigenvalue weighted by Crippen LogP contribution is 2.39. The lowest BCUT2D eigenvalue weighted by Gasteiger charge is -2.27. The maximum atomic E-state index is 5.81. The molecule has 2 fully saturated rings. The quantitative estimate of drug-likeness (QED) is 0.240. The van der Waals surface area contributed by atoms with Gasteiger partial charge in [-0.3, -0.25) is 4.99 Å². The van der Waals surface area contributed by atoms with Crippen molar-refractivity contribution >= 4 is 10.9 Å². The highest BCUT2D eigenvalue weighted by Gasteiger charge is 2.24. The van der Waals surface area contributed by atoms with Crippen molar-refractivity contribution in [3.8, 4) is 22.3 Å². The number of nitrogens with zero attached hydrogens (tertiary/aromatic N) is 2. The van der Waals surface area contributed by atoms with Crippen LogP contribution in [0.3, 0.4) is 0 Å². The first kappa shape index (κ1) is 26.1. The molecule has 1 aromatic heterocycles. The molecule has 0 saturated heterocycles. The first-order valence-corrected chi connectivity index (χ1v) is 15.5. The Morgan fingerprint density at radius 3 is 1.77 bits per heavy atom. The van der Waals surface area contributed by atoms with Gasteiger partial charge in [0.2, 0.25) is 0 Å². The number of hydrogen-bond donors (Lipinski definition) is 0. The summed E-state index contributed by atoms with van der Waals surface area (Å²) >= 11 is 0. The molecule has 6 rings (SSSR count). The molecule has 0 amide bonds. The van der Waals surface area contributed by atoms with E-state index in [1.54, 1.807) is 0 Å². The van der Waals surface area contributed by atoms with E-state index in [1.807, 2.05) is 0 Å². The van der Waals surface area contributed by atoms with Crippen molar-refractivity contribution in [2.45, 2.75) is 103 Å². The SMILES string of the molecule is Cc1cccc(-c2c(-c3cccc(C)c3)c3ccccc3n(C3CCCCCC3)c2=NC2CCCCCC2)c1. The summed E-state index contributed by atoms with van der Waals surface area (Å²) in [5.74, 6) is 0. The van der Waals surface area contributed by atoms with Crippen molar-refractivity contribution in [3.63, 3.8) is 0 Å². The van der Waals surface area contributed by atoms with Crippen LogP contribution in [0.1, 0.15) is 94.2 Å². The van der Waals surface area contributed by atoms with Crippen LogP contribution in [0.4, 0.5) is 0 Å². The van der Waals surface area contributed by atoms with Gasteiger partial charge < -0.3 is 4.57 Å². The molecule has 2 aliphatic rings. The van der Waals surface area contributed by atoms with Gasteiger partial charge in [-0.15, -0.1) is 0 Å². The molecule has 2 saturated carbocycles. The number of aryl methyl sites for hydroxylation is 2. The van der Waals surface area contributed by atoms with Gasteiger partial charge >= 0.3 is 0 Å². The van der Waals surface area contributed by atoms with E-state index in [4.69, 9.17) is 4.99 Å². The Morgan fingerprint density at radius 1 is 0.590 bits per heavy atom. The number of rotatable bonds is 4. The predicted octanol–water partition coefficient (Wildman–Crippen LogP) is 10.1. The molecule has 2 nitrogen and oxygen atoms in total. The zero-order valence-corrected chi connectivity index (χ0v) is 24.0. The van der Waals surface area contributed by atoms with E-state index in [9.17, 15) is 0 Å². The Labute approximate surface area is 234 Å².